The van der Waals surface area contributed by atoms with Crippen molar-refractivity contribution in [3.63, 3.8) is 0 Å². The van der Waals surface area contributed by atoms with Crippen LogP contribution in [0.3, 0.4) is 0 Å². The Morgan fingerprint density at radius 3 is 2.74 bits per heavy atom. The van der Waals surface area contributed by atoms with Gasteiger partial charge in [0.2, 0.25) is 0 Å². The number of hydrogen-bond donors (Lipinski definition) is 1. The molecule has 0 radical (unpaired) electrons. The van der Waals surface area contributed by atoms with E-state index in [9.17, 15) is 4.79 Å². The predicted molar refractivity (Wildman–Crippen MR) is 82.2 cm³/mol. The van der Waals surface area contributed by atoms with Crippen LogP contribution in [-0.4, -0.2) is 24.4 Å². The third-order valence-corrected chi connectivity index (χ3v) is 3.93. The second kappa shape index (κ2) is 7.15. The summed E-state index contributed by atoms with van der Waals surface area (Å²) in [6, 6.07) is 5.34. The molecular formula is C14H19BrClNO2. The van der Waals surface area contributed by atoms with Crippen LogP contribution in [0.5, 0.6) is 5.75 Å². The van der Waals surface area contributed by atoms with Crippen molar-refractivity contribution >= 4 is 33.4 Å². The third kappa shape index (κ3) is 4.39. The predicted octanol–water partition coefficient (Wildman–Crippen LogP) is 3.99. The van der Waals surface area contributed by atoms with E-state index in [1.165, 1.54) is 0 Å². The van der Waals surface area contributed by atoms with Crippen LogP contribution >= 0.6 is 27.5 Å². The minimum atomic E-state index is -0.295. The largest absolute Gasteiger partial charge is 0.496 e. The van der Waals surface area contributed by atoms with Gasteiger partial charge >= 0.3 is 0 Å². The number of rotatable bonds is 6. The van der Waals surface area contributed by atoms with Gasteiger partial charge in [0.25, 0.3) is 5.91 Å². The van der Waals surface area contributed by atoms with Crippen LogP contribution in [0, 0.1) is 0 Å². The zero-order valence-corrected chi connectivity index (χ0v) is 13.8. The number of amides is 1. The van der Waals surface area contributed by atoms with E-state index in [-0.39, 0.29) is 11.4 Å². The standard InChI is InChI=1S/C14H19BrClNO2/c1-4-14(2,7-8-16)17-13(18)11-6-5-10(15)9-12(11)19-3/h5-6,9H,4,7-8H2,1-3H3,(H,17,18). The molecule has 1 amide bonds. The van der Waals surface area contributed by atoms with Crippen molar-refractivity contribution in [2.75, 3.05) is 13.0 Å². The number of alkyl halides is 1. The summed E-state index contributed by atoms with van der Waals surface area (Å²) in [6.45, 7) is 4.03. The number of nitrogens with one attached hydrogen (secondary N) is 1. The Bertz CT molecular complexity index is 453. The molecule has 0 bridgehead atoms. The molecule has 0 fully saturated rings. The maximum Gasteiger partial charge on any atom is 0.255 e. The highest BCUT2D eigenvalue weighted by atomic mass is 79.9. The van der Waals surface area contributed by atoms with Gasteiger partial charge in [0.05, 0.1) is 12.7 Å². The van der Waals surface area contributed by atoms with E-state index in [0.717, 1.165) is 17.3 Å². The molecule has 0 aliphatic heterocycles. The topological polar surface area (TPSA) is 38.3 Å². The first-order chi connectivity index (χ1) is 8.95. The fourth-order valence-corrected chi connectivity index (χ4v) is 2.49. The fraction of sp³-hybridized carbons (Fsp3) is 0.500. The van der Waals surface area contributed by atoms with Crippen LogP contribution in [0.4, 0.5) is 0 Å². The third-order valence-electron chi connectivity index (χ3n) is 3.25. The van der Waals surface area contributed by atoms with E-state index in [0.29, 0.717) is 17.2 Å². The number of ether oxygens (including phenoxy) is 1. The number of hydrogen-bond acceptors (Lipinski definition) is 2. The van der Waals surface area contributed by atoms with E-state index in [1.54, 1.807) is 19.2 Å². The Balaban J connectivity index is 2.94. The molecule has 5 heteroatoms. The number of halogens is 2. The van der Waals surface area contributed by atoms with E-state index in [2.05, 4.69) is 21.2 Å². The van der Waals surface area contributed by atoms with Gasteiger partial charge in [-0.15, -0.1) is 11.6 Å². The van der Waals surface area contributed by atoms with Crippen LogP contribution < -0.4 is 10.1 Å². The van der Waals surface area contributed by atoms with Crippen molar-refractivity contribution in [2.24, 2.45) is 0 Å². The zero-order chi connectivity index (χ0) is 14.5. The molecule has 0 heterocycles. The van der Waals surface area contributed by atoms with E-state index < -0.39 is 0 Å². The number of carbonyl (C=O) groups is 1. The minimum Gasteiger partial charge on any atom is -0.496 e. The van der Waals surface area contributed by atoms with Crippen molar-refractivity contribution in [2.45, 2.75) is 32.2 Å². The van der Waals surface area contributed by atoms with Crippen LogP contribution in [0.1, 0.15) is 37.0 Å². The molecule has 1 atom stereocenters. The van der Waals surface area contributed by atoms with Gasteiger partial charge in [-0.3, -0.25) is 4.79 Å². The van der Waals surface area contributed by atoms with Gasteiger partial charge in [0.1, 0.15) is 5.75 Å². The molecule has 0 aliphatic carbocycles. The molecule has 1 aromatic carbocycles. The molecule has 0 spiro atoms. The first-order valence-corrected chi connectivity index (χ1v) is 7.50. The number of benzene rings is 1. The molecule has 106 valence electrons. The Morgan fingerprint density at radius 1 is 1.53 bits per heavy atom. The molecule has 1 unspecified atom stereocenters. The van der Waals surface area contributed by atoms with Crippen LogP contribution in [0.2, 0.25) is 0 Å². The average molecular weight is 349 g/mol. The van der Waals surface area contributed by atoms with Gasteiger partial charge < -0.3 is 10.1 Å². The van der Waals surface area contributed by atoms with Crippen molar-refractivity contribution in [1.82, 2.24) is 5.32 Å². The molecule has 0 aliphatic rings. The van der Waals surface area contributed by atoms with Crippen LogP contribution in [-0.2, 0) is 0 Å². The van der Waals surface area contributed by atoms with E-state index >= 15 is 0 Å². The van der Waals surface area contributed by atoms with Gasteiger partial charge in [-0.25, -0.2) is 0 Å². The molecule has 1 rings (SSSR count). The maximum atomic E-state index is 12.3. The first-order valence-electron chi connectivity index (χ1n) is 6.17. The number of methoxy groups -OCH3 is 1. The summed E-state index contributed by atoms with van der Waals surface area (Å²) in [4.78, 5) is 12.3. The van der Waals surface area contributed by atoms with Gasteiger partial charge in [0.15, 0.2) is 0 Å². The van der Waals surface area contributed by atoms with Gasteiger partial charge in [-0.05, 0) is 38.0 Å². The summed E-state index contributed by atoms with van der Waals surface area (Å²) in [6.07, 6.45) is 1.56. The van der Waals surface area contributed by atoms with Gasteiger partial charge in [-0.2, -0.15) is 0 Å². The van der Waals surface area contributed by atoms with Gasteiger partial charge in [0, 0.05) is 15.9 Å². The Hall–Kier alpha value is -0.740. The lowest BCUT2D eigenvalue weighted by Gasteiger charge is -2.29. The monoisotopic (exact) mass is 347 g/mol. The normalized spacial score (nSPS) is 13.7. The second-order valence-corrected chi connectivity index (χ2v) is 5.95. The first kappa shape index (κ1) is 16.3. The van der Waals surface area contributed by atoms with Crippen molar-refractivity contribution in [3.8, 4) is 5.75 Å². The molecule has 0 saturated carbocycles. The highest BCUT2D eigenvalue weighted by Gasteiger charge is 2.25. The quantitative estimate of drug-likeness (QED) is 0.790. The van der Waals surface area contributed by atoms with Crippen molar-refractivity contribution < 1.29 is 9.53 Å². The summed E-state index contributed by atoms with van der Waals surface area (Å²) in [7, 11) is 1.55. The second-order valence-electron chi connectivity index (χ2n) is 4.65. The van der Waals surface area contributed by atoms with Gasteiger partial charge in [-0.1, -0.05) is 22.9 Å². The lowest BCUT2D eigenvalue weighted by atomic mass is 9.95. The molecule has 19 heavy (non-hydrogen) atoms. The average Bonchev–Trinajstić information content (AvgIpc) is 2.38. The minimum absolute atomic E-state index is 0.140. The van der Waals surface area contributed by atoms with Crippen molar-refractivity contribution in [1.29, 1.82) is 0 Å². The fourth-order valence-electron chi connectivity index (χ4n) is 1.73. The molecule has 3 nitrogen and oxygen atoms in total. The molecule has 0 saturated heterocycles. The summed E-state index contributed by atoms with van der Waals surface area (Å²) in [5.41, 5.74) is 0.233. The summed E-state index contributed by atoms with van der Waals surface area (Å²) in [5, 5.41) is 3.04. The van der Waals surface area contributed by atoms with E-state index in [4.69, 9.17) is 16.3 Å². The summed E-state index contributed by atoms with van der Waals surface area (Å²) in [5.74, 6) is 0.928. The van der Waals surface area contributed by atoms with Crippen LogP contribution in [0.15, 0.2) is 22.7 Å². The summed E-state index contributed by atoms with van der Waals surface area (Å²) < 4.78 is 6.11. The number of carbonyl (C=O) groups excluding carboxylic acids is 1. The van der Waals surface area contributed by atoms with Crippen molar-refractivity contribution in [3.05, 3.63) is 28.2 Å². The molecule has 1 N–H and O–H groups in total. The van der Waals surface area contributed by atoms with E-state index in [1.807, 2.05) is 19.9 Å². The highest BCUT2D eigenvalue weighted by molar-refractivity contribution is 9.10. The Labute approximate surface area is 127 Å². The molecular weight excluding hydrogens is 330 g/mol. The highest BCUT2D eigenvalue weighted by Crippen LogP contribution is 2.25. The molecule has 1 aromatic rings. The summed E-state index contributed by atoms with van der Waals surface area (Å²) >= 11 is 9.15. The lowest BCUT2D eigenvalue weighted by Crippen LogP contribution is -2.45. The Morgan fingerprint density at radius 2 is 2.21 bits per heavy atom. The molecule has 0 aromatic heterocycles. The maximum absolute atomic E-state index is 12.3. The SMILES string of the molecule is CCC(C)(CCCl)NC(=O)c1ccc(Br)cc1OC. The smallest absolute Gasteiger partial charge is 0.255 e. The lowest BCUT2D eigenvalue weighted by molar-refractivity contribution is 0.0898. The Kier molecular flexibility index (Phi) is 6.14. The van der Waals surface area contributed by atoms with Crippen LogP contribution in [0.25, 0.3) is 0 Å². The zero-order valence-electron chi connectivity index (χ0n) is 11.4.